The Morgan fingerprint density at radius 1 is 1.09 bits per heavy atom. The highest BCUT2D eigenvalue weighted by Gasteiger charge is 2.45. The Hall–Kier alpha value is -2.46. The molecule has 0 fully saturated rings. The lowest BCUT2D eigenvalue weighted by atomic mass is 9.76. The number of hydrazine groups is 1. The fraction of sp³-hybridized carbons (Fsp3) is 0.211. The summed E-state index contributed by atoms with van der Waals surface area (Å²) in [6, 6.07) is 16.1. The highest BCUT2D eigenvalue weighted by Crippen LogP contribution is 2.41. The standard InChI is InChI=1S/C19H19FN2O/c1-14(2)19(15-8-10-17(20)11-9-15)16(13-23)12-22(21-19)18-6-4-3-5-7-18/h3-14,21H,1-2H3. The van der Waals surface area contributed by atoms with E-state index in [1.807, 2.05) is 55.4 Å². The van der Waals surface area contributed by atoms with Gasteiger partial charge in [0, 0.05) is 11.8 Å². The molecule has 1 heterocycles. The van der Waals surface area contributed by atoms with Crippen LogP contribution < -0.4 is 10.4 Å². The van der Waals surface area contributed by atoms with Crippen LogP contribution in [0.4, 0.5) is 10.1 Å². The van der Waals surface area contributed by atoms with E-state index in [0.717, 1.165) is 17.5 Å². The van der Waals surface area contributed by atoms with Crippen LogP contribution in [0.1, 0.15) is 19.4 Å². The van der Waals surface area contributed by atoms with Gasteiger partial charge in [-0.3, -0.25) is 9.80 Å². The van der Waals surface area contributed by atoms with Crippen LogP contribution >= 0.6 is 0 Å². The highest BCUT2D eigenvalue weighted by atomic mass is 19.1. The first kappa shape index (κ1) is 15.4. The molecule has 0 aliphatic carbocycles. The topological polar surface area (TPSA) is 32.3 Å². The van der Waals surface area contributed by atoms with Crippen LogP contribution in [0.3, 0.4) is 0 Å². The molecule has 1 aliphatic heterocycles. The molecule has 0 radical (unpaired) electrons. The van der Waals surface area contributed by atoms with Crippen molar-refractivity contribution in [3.05, 3.63) is 77.8 Å². The molecule has 1 unspecified atom stereocenters. The van der Waals surface area contributed by atoms with E-state index < -0.39 is 5.54 Å². The van der Waals surface area contributed by atoms with Gasteiger partial charge in [0.2, 0.25) is 0 Å². The lowest BCUT2D eigenvalue weighted by Crippen LogP contribution is -2.50. The van der Waals surface area contributed by atoms with Gasteiger partial charge in [0.15, 0.2) is 0 Å². The number of hydrogen-bond donors (Lipinski definition) is 1. The normalized spacial score (nSPS) is 20.7. The number of carbonyl (C=O) groups is 1. The number of halogens is 1. The van der Waals surface area contributed by atoms with E-state index in [0.29, 0.717) is 5.57 Å². The van der Waals surface area contributed by atoms with Crippen molar-refractivity contribution in [3.63, 3.8) is 0 Å². The molecule has 2 aromatic rings. The van der Waals surface area contributed by atoms with Crippen molar-refractivity contribution in [2.45, 2.75) is 19.4 Å². The molecule has 0 bridgehead atoms. The minimum Gasteiger partial charge on any atom is -0.298 e. The largest absolute Gasteiger partial charge is 0.298 e. The summed E-state index contributed by atoms with van der Waals surface area (Å²) in [4.78, 5) is 11.7. The van der Waals surface area contributed by atoms with Crippen molar-refractivity contribution in [1.82, 2.24) is 5.43 Å². The summed E-state index contributed by atoms with van der Waals surface area (Å²) in [7, 11) is 0. The minimum atomic E-state index is -0.675. The number of rotatable bonds is 4. The molecule has 0 amide bonds. The van der Waals surface area contributed by atoms with E-state index >= 15 is 0 Å². The molecule has 2 aromatic carbocycles. The van der Waals surface area contributed by atoms with Crippen LogP contribution in [0.5, 0.6) is 0 Å². The molecular weight excluding hydrogens is 291 g/mol. The Morgan fingerprint density at radius 3 is 2.30 bits per heavy atom. The van der Waals surface area contributed by atoms with Crippen LogP contribution in [0, 0.1) is 11.7 Å². The van der Waals surface area contributed by atoms with Gasteiger partial charge in [0.25, 0.3) is 0 Å². The van der Waals surface area contributed by atoms with E-state index in [9.17, 15) is 9.18 Å². The third kappa shape index (κ3) is 2.55. The average molecular weight is 310 g/mol. The van der Waals surface area contributed by atoms with Gasteiger partial charge in [-0.05, 0) is 35.7 Å². The van der Waals surface area contributed by atoms with Crippen LogP contribution in [-0.2, 0) is 10.3 Å². The number of hydrogen-bond acceptors (Lipinski definition) is 3. The molecule has 0 spiro atoms. The fourth-order valence-corrected chi connectivity index (χ4v) is 3.12. The third-order valence-electron chi connectivity index (χ3n) is 4.35. The molecule has 0 aromatic heterocycles. The summed E-state index contributed by atoms with van der Waals surface area (Å²) in [6.45, 7) is 4.09. The van der Waals surface area contributed by atoms with Crippen molar-refractivity contribution >= 4 is 12.0 Å². The molecule has 1 aliphatic rings. The van der Waals surface area contributed by atoms with Crippen molar-refractivity contribution in [1.29, 1.82) is 0 Å². The van der Waals surface area contributed by atoms with Crippen LogP contribution in [0.25, 0.3) is 0 Å². The summed E-state index contributed by atoms with van der Waals surface area (Å²) in [5, 5.41) is 1.85. The van der Waals surface area contributed by atoms with Crippen molar-refractivity contribution in [2.75, 3.05) is 5.01 Å². The molecule has 1 N–H and O–H groups in total. The van der Waals surface area contributed by atoms with Gasteiger partial charge >= 0.3 is 0 Å². The molecule has 1 atom stereocenters. The zero-order chi connectivity index (χ0) is 16.4. The average Bonchev–Trinajstić information content (AvgIpc) is 2.97. The Morgan fingerprint density at radius 2 is 1.74 bits per heavy atom. The maximum atomic E-state index is 13.3. The highest BCUT2D eigenvalue weighted by molar-refractivity contribution is 5.81. The second-order valence-corrected chi connectivity index (χ2v) is 5.99. The molecule has 118 valence electrons. The van der Waals surface area contributed by atoms with Gasteiger partial charge in [0.05, 0.1) is 11.2 Å². The Kier molecular flexibility index (Phi) is 4.01. The molecule has 3 rings (SSSR count). The molecule has 0 saturated carbocycles. The van der Waals surface area contributed by atoms with Crippen molar-refractivity contribution in [2.24, 2.45) is 5.92 Å². The fourth-order valence-electron chi connectivity index (χ4n) is 3.12. The van der Waals surface area contributed by atoms with Gasteiger partial charge < -0.3 is 0 Å². The Bertz CT molecular complexity index is 725. The molecule has 0 saturated heterocycles. The Balaban J connectivity index is 2.09. The van der Waals surface area contributed by atoms with Crippen LogP contribution in [0.2, 0.25) is 0 Å². The zero-order valence-corrected chi connectivity index (χ0v) is 13.2. The number of para-hydroxylation sites is 1. The predicted octanol–water partition coefficient (Wildman–Crippen LogP) is 3.78. The van der Waals surface area contributed by atoms with E-state index in [2.05, 4.69) is 5.43 Å². The van der Waals surface area contributed by atoms with Crippen molar-refractivity contribution < 1.29 is 9.18 Å². The summed E-state index contributed by atoms with van der Waals surface area (Å²) in [6.07, 6.45) is 2.69. The second kappa shape index (κ2) is 5.97. The van der Waals surface area contributed by atoms with Crippen LogP contribution in [0.15, 0.2) is 66.4 Å². The number of nitrogens with one attached hydrogen (secondary N) is 1. The first-order chi connectivity index (χ1) is 11.1. The molecule has 23 heavy (non-hydrogen) atoms. The summed E-state index contributed by atoms with van der Waals surface area (Å²) >= 11 is 0. The van der Waals surface area contributed by atoms with Gasteiger partial charge in [-0.15, -0.1) is 0 Å². The third-order valence-corrected chi connectivity index (χ3v) is 4.35. The lowest BCUT2D eigenvalue weighted by Gasteiger charge is -2.37. The van der Waals surface area contributed by atoms with Crippen LogP contribution in [-0.4, -0.2) is 6.29 Å². The smallest absolute Gasteiger partial charge is 0.149 e. The monoisotopic (exact) mass is 310 g/mol. The second-order valence-electron chi connectivity index (χ2n) is 5.99. The maximum Gasteiger partial charge on any atom is 0.149 e. The molecule has 3 nitrogen and oxygen atoms in total. The number of carbonyl (C=O) groups excluding carboxylic acids is 1. The molecule has 4 heteroatoms. The summed E-state index contributed by atoms with van der Waals surface area (Å²) < 4.78 is 13.3. The number of benzene rings is 2. The Labute approximate surface area is 135 Å². The first-order valence-corrected chi connectivity index (χ1v) is 7.63. The quantitative estimate of drug-likeness (QED) is 0.872. The lowest BCUT2D eigenvalue weighted by molar-refractivity contribution is -0.105. The first-order valence-electron chi connectivity index (χ1n) is 7.63. The number of anilines is 1. The summed E-state index contributed by atoms with van der Waals surface area (Å²) in [5.74, 6) is -0.194. The van der Waals surface area contributed by atoms with Crippen molar-refractivity contribution in [3.8, 4) is 0 Å². The SMILES string of the molecule is CC(C)C1(c2ccc(F)cc2)NN(c2ccccc2)C=C1C=O. The number of aldehydes is 1. The number of nitrogens with zero attached hydrogens (tertiary/aromatic N) is 1. The van der Waals surface area contributed by atoms with E-state index in [1.54, 1.807) is 12.1 Å². The van der Waals surface area contributed by atoms with Gasteiger partial charge in [0.1, 0.15) is 12.1 Å². The van der Waals surface area contributed by atoms with E-state index in [4.69, 9.17) is 0 Å². The zero-order valence-electron chi connectivity index (χ0n) is 13.2. The van der Waals surface area contributed by atoms with Gasteiger partial charge in [-0.1, -0.05) is 44.2 Å². The molecular formula is C19H19FN2O. The van der Waals surface area contributed by atoms with E-state index in [1.165, 1.54) is 12.1 Å². The summed E-state index contributed by atoms with van der Waals surface area (Å²) in [5.41, 5.74) is 5.20. The van der Waals surface area contributed by atoms with E-state index in [-0.39, 0.29) is 11.7 Å². The minimum absolute atomic E-state index is 0.0955. The van der Waals surface area contributed by atoms with Gasteiger partial charge in [-0.25, -0.2) is 9.82 Å². The van der Waals surface area contributed by atoms with Gasteiger partial charge in [-0.2, -0.15) is 0 Å². The maximum absolute atomic E-state index is 13.3. The predicted molar refractivity (Wildman–Crippen MR) is 89.1 cm³/mol.